The molecule has 8 nitrogen and oxygen atoms in total. The number of anilines is 1. The number of nitro groups is 1. The molecule has 1 aliphatic carbocycles. The Labute approximate surface area is 187 Å². The van der Waals surface area contributed by atoms with Gasteiger partial charge in [0.25, 0.3) is 5.69 Å². The molecule has 0 radical (unpaired) electrons. The molecular weight excluding hydrogens is 433 g/mol. The van der Waals surface area contributed by atoms with E-state index in [2.05, 4.69) is 10.2 Å². The third kappa shape index (κ3) is 3.86. The molecule has 0 saturated heterocycles. The van der Waals surface area contributed by atoms with Crippen LogP contribution in [0.4, 0.5) is 15.8 Å². The van der Waals surface area contributed by atoms with Crippen molar-refractivity contribution in [2.45, 2.75) is 36.9 Å². The van der Waals surface area contributed by atoms with Crippen LogP contribution < -0.4 is 4.90 Å². The highest BCUT2D eigenvalue weighted by molar-refractivity contribution is 7.99. The quantitative estimate of drug-likeness (QED) is 0.312. The summed E-state index contributed by atoms with van der Waals surface area (Å²) in [6.07, 6.45) is 3.40. The van der Waals surface area contributed by atoms with Crippen molar-refractivity contribution >= 4 is 29.0 Å². The second kappa shape index (κ2) is 8.34. The Morgan fingerprint density at radius 2 is 2.03 bits per heavy atom. The van der Waals surface area contributed by atoms with Gasteiger partial charge in [0, 0.05) is 30.4 Å². The van der Waals surface area contributed by atoms with Crippen molar-refractivity contribution in [3.8, 4) is 11.4 Å². The zero-order valence-corrected chi connectivity index (χ0v) is 17.9. The second-order valence-corrected chi connectivity index (χ2v) is 8.84. The molecule has 1 fully saturated rings. The number of carbonyl (C=O) groups excluding carboxylic acids is 1. The number of hydrogen-bond acceptors (Lipinski definition) is 6. The summed E-state index contributed by atoms with van der Waals surface area (Å²) in [5, 5.41) is 20.1. The van der Waals surface area contributed by atoms with Gasteiger partial charge in [-0.25, -0.2) is 4.39 Å². The van der Waals surface area contributed by atoms with Crippen molar-refractivity contribution in [3.05, 3.63) is 64.0 Å². The summed E-state index contributed by atoms with van der Waals surface area (Å²) in [6.45, 7) is 0.569. The third-order valence-corrected chi connectivity index (χ3v) is 6.64. The van der Waals surface area contributed by atoms with Crippen LogP contribution >= 0.6 is 11.8 Å². The minimum atomic E-state index is -0.422. The molecule has 2 aliphatic rings. The molecule has 0 unspecified atom stereocenters. The van der Waals surface area contributed by atoms with E-state index in [4.69, 9.17) is 0 Å². The van der Waals surface area contributed by atoms with Gasteiger partial charge < -0.3 is 4.90 Å². The van der Waals surface area contributed by atoms with Crippen LogP contribution in [0.15, 0.2) is 47.6 Å². The van der Waals surface area contributed by atoms with Crippen LogP contribution in [0, 0.1) is 15.9 Å². The van der Waals surface area contributed by atoms with E-state index in [0.29, 0.717) is 29.5 Å². The molecule has 2 aromatic carbocycles. The number of carbonyl (C=O) groups is 1. The van der Waals surface area contributed by atoms with Crippen LogP contribution in [0.5, 0.6) is 0 Å². The number of nitrogens with zero attached hydrogens (tertiary/aromatic N) is 5. The number of fused-ring (bicyclic) bond motifs is 1. The standard InChI is InChI=1S/C22H20FN5O3S/c23-18-6-2-1-5-17(18)21-24-25-22(27(21)15-7-8-15)32-13-20(29)26-11-3-4-14-12-16(28(30)31)9-10-19(14)26/h1-2,5-6,9-10,12,15H,3-4,7-8,11,13H2. The highest BCUT2D eigenvalue weighted by Gasteiger charge is 2.32. The van der Waals surface area contributed by atoms with E-state index in [1.165, 1.54) is 23.9 Å². The summed E-state index contributed by atoms with van der Waals surface area (Å²) in [7, 11) is 0. The molecule has 2 heterocycles. The van der Waals surface area contributed by atoms with Gasteiger partial charge in [-0.1, -0.05) is 23.9 Å². The molecule has 0 N–H and O–H groups in total. The molecule has 1 aliphatic heterocycles. The number of thioether (sulfide) groups is 1. The van der Waals surface area contributed by atoms with Gasteiger partial charge in [-0.05, 0) is 49.4 Å². The minimum Gasteiger partial charge on any atom is -0.311 e. The number of hydrogen-bond donors (Lipinski definition) is 0. The van der Waals surface area contributed by atoms with Gasteiger partial charge in [-0.3, -0.25) is 19.5 Å². The lowest BCUT2D eigenvalue weighted by molar-refractivity contribution is -0.384. The number of rotatable bonds is 6. The first-order valence-electron chi connectivity index (χ1n) is 10.4. The zero-order valence-electron chi connectivity index (χ0n) is 17.1. The highest BCUT2D eigenvalue weighted by atomic mass is 32.2. The van der Waals surface area contributed by atoms with E-state index in [1.54, 1.807) is 35.2 Å². The fourth-order valence-electron chi connectivity index (χ4n) is 4.02. The maximum atomic E-state index is 14.3. The Morgan fingerprint density at radius 3 is 2.78 bits per heavy atom. The van der Waals surface area contributed by atoms with Crippen molar-refractivity contribution < 1.29 is 14.1 Å². The molecule has 1 saturated carbocycles. The second-order valence-electron chi connectivity index (χ2n) is 7.89. The molecule has 3 aromatic rings. The Balaban J connectivity index is 1.36. The minimum absolute atomic E-state index is 0.0330. The number of benzene rings is 2. The van der Waals surface area contributed by atoms with E-state index in [-0.39, 0.29) is 29.2 Å². The normalized spacial score (nSPS) is 15.5. The zero-order chi connectivity index (χ0) is 22.2. The Bertz CT molecular complexity index is 1210. The fourth-order valence-corrected chi connectivity index (χ4v) is 4.91. The largest absolute Gasteiger partial charge is 0.311 e. The first-order chi connectivity index (χ1) is 15.5. The van der Waals surface area contributed by atoms with Crippen LogP contribution in [0.2, 0.25) is 0 Å². The van der Waals surface area contributed by atoms with Crippen molar-refractivity contribution in [3.63, 3.8) is 0 Å². The summed E-state index contributed by atoms with van der Waals surface area (Å²) < 4.78 is 16.3. The molecule has 0 bridgehead atoms. The molecule has 164 valence electrons. The monoisotopic (exact) mass is 453 g/mol. The average Bonchev–Trinajstić information content (AvgIpc) is 3.56. The highest BCUT2D eigenvalue weighted by Crippen LogP contribution is 2.41. The fraction of sp³-hybridized carbons (Fsp3) is 0.318. The molecular formula is C22H20FN5O3S. The topological polar surface area (TPSA) is 94.2 Å². The maximum Gasteiger partial charge on any atom is 0.269 e. The van der Waals surface area contributed by atoms with Gasteiger partial charge in [-0.15, -0.1) is 10.2 Å². The molecule has 10 heteroatoms. The summed E-state index contributed by atoms with van der Waals surface area (Å²) in [5.41, 5.74) is 1.97. The van der Waals surface area contributed by atoms with Crippen LogP contribution in [0.1, 0.15) is 30.9 Å². The van der Waals surface area contributed by atoms with Gasteiger partial charge in [-0.2, -0.15) is 0 Å². The lowest BCUT2D eigenvalue weighted by Crippen LogP contribution is -2.36. The lowest BCUT2D eigenvalue weighted by Gasteiger charge is -2.29. The predicted octanol–water partition coefficient (Wildman–Crippen LogP) is 4.40. The molecule has 5 rings (SSSR count). The molecule has 1 aromatic heterocycles. The molecule has 0 atom stereocenters. The van der Waals surface area contributed by atoms with Crippen molar-refractivity contribution in [1.29, 1.82) is 0 Å². The van der Waals surface area contributed by atoms with Crippen LogP contribution in [-0.4, -0.2) is 37.9 Å². The van der Waals surface area contributed by atoms with Gasteiger partial charge in [0.2, 0.25) is 5.91 Å². The van der Waals surface area contributed by atoms with Crippen molar-refractivity contribution in [2.75, 3.05) is 17.2 Å². The average molecular weight is 453 g/mol. The first kappa shape index (κ1) is 20.6. The molecule has 1 amide bonds. The van der Waals surface area contributed by atoms with Crippen LogP contribution in [0.25, 0.3) is 11.4 Å². The molecule has 32 heavy (non-hydrogen) atoms. The van der Waals surface area contributed by atoms with E-state index in [0.717, 1.165) is 30.5 Å². The Kier molecular flexibility index (Phi) is 5.38. The Morgan fingerprint density at radius 1 is 1.22 bits per heavy atom. The van der Waals surface area contributed by atoms with Gasteiger partial charge in [0.15, 0.2) is 11.0 Å². The number of halogens is 1. The Hall–Kier alpha value is -3.27. The first-order valence-corrected chi connectivity index (χ1v) is 11.4. The van der Waals surface area contributed by atoms with E-state index in [9.17, 15) is 19.3 Å². The van der Waals surface area contributed by atoms with Gasteiger partial charge in [0.1, 0.15) is 5.82 Å². The lowest BCUT2D eigenvalue weighted by atomic mass is 10.0. The van der Waals surface area contributed by atoms with Gasteiger partial charge >= 0.3 is 0 Å². The number of aryl methyl sites for hydroxylation is 1. The summed E-state index contributed by atoms with van der Waals surface area (Å²) >= 11 is 1.29. The third-order valence-electron chi connectivity index (χ3n) is 5.71. The van der Waals surface area contributed by atoms with Crippen molar-refractivity contribution in [1.82, 2.24) is 14.8 Å². The van der Waals surface area contributed by atoms with Crippen LogP contribution in [-0.2, 0) is 11.2 Å². The number of aromatic nitrogens is 3. The summed E-state index contributed by atoms with van der Waals surface area (Å²) in [4.78, 5) is 25.4. The SMILES string of the molecule is O=C(CSc1nnc(-c2ccccc2F)n1C1CC1)N1CCCc2cc([N+](=O)[O-])ccc21. The maximum absolute atomic E-state index is 14.3. The predicted molar refractivity (Wildman–Crippen MR) is 118 cm³/mol. The summed E-state index contributed by atoms with van der Waals surface area (Å²) in [6, 6.07) is 11.3. The smallest absolute Gasteiger partial charge is 0.269 e. The summed E-state index contributed by atoms with van der Waals surface area (Å²) in [5.74, 6) is 0.186. The number of non-ortho nitro benzene ring substituents is 1. The van der Waals surface area contributed by atoms with Crippen molar-refractivity contribution in [2.24, 2.45) is 0 Å². The van der Waals surface area contributed by atoms with E-state index >= 15 is 0 Å². The van der Waals surface area contributed by atoms with Crippen LogP contribution in [0.3, 0.4) is 0 Å². The van der Waals surface area contributed by atoms with E-state index in [1.807, 2.05) is 4.57 Å². The molecule has 0 spiro atoms. The van der Waals surface area contributed by atoms with Gasteiger partial charge in [0.05, 0.1) is 16.2 Å². The van der Waals surface area contributed by atoms with E-state index < -0.39 is 4.92 Å². The number of nitro benzene ring substituents is 1. The number of amides is 1.